The van der Waals surface area contributed by atoms with Crippen LogP contribution in [0.5, 0.6) is 0 Å². The zero-order valence-corrected chi connectivity index (χ0v) is 7.68. The first-order valence-corrected chi connectivity index (χ1v) is 4.12. The van der Waals surface area contributed by atoms with Crippen molar-refractivity contribution in [2.45, 2.75) is 40.2 Å². The third-order valence-corrected chi connectivity index (χ3v) is 1.92. The van der Waals surface area contributed by atoms with Crippen molar-refractivity contribution in [1.29, 1.82) is 0 Å². The van der Waals surface area contributed by atoms with E-state index in [9.17, 15) is 0 Å². The molecule has 1 aromatic heterocycles. The van der Waals surface area contributed by atoms with Crippen LogP contribution in [-0.2, 0) is 6.42 Å². The summed E-state index contributed by atoms with van der Waals surface area (Å²) in [7, 11) is 0. The van der Waals surface area contributed by atoms with Gasteiger partial charge < -0.3 is 0 Å². The number of aryl methyl sites for hydroxylation is 1. The predicted octanol–water partition coefficient (Wildman–Crippen LogP) is 2.14. The SMILES string of the molecule is CCc1[c]nn(C(C)C)c1C. The van der Waals surface area contributed by atoms with Crippen LogP contribution in [-0.4, -0.2) is 9.78 Å². The van der Waals surface area contributed by atoms with E-state index in [4.69, 9.17) is 0 Å². The van der Waals surface area contributed by atoms with Crippen molar-refractivity contribution in [3.63, 3.8) is 0 Å². The summed E-state index contributed by atoms with van der Waals surface area (Å²) >= 11 is 0. The smallest absolute Gasteiger partial charge is 0.116 e. The van der Waals surface area contributed by atoms with Crippen LogP contribution >= 0.6 is 0 Å². The van der Waals surface area contributed by atoms with E-state index in [2.05, 4.69) is 39.0 Å². The van der Waals surface area contributed by atoms with E-state index in [1.54, 1.807) is 0 Å². The molecule has 2 heteroatoms. The van der Waals surface area contributed by atoms with E-state index in [0.717, 1.165) is 6.42 Å². The topological polar surface area (TPSA) is 17.8 Å². The van der Waals surface area contributed by atoms with Crippen LogP contribution < -0.4 is 0 Å². The fourth-order valence-corrected chi connectivity index (χ4v) is 1.25. The highest BCUT2D eigenvalue weighted by molar-refractivity contribution is 5.14. The van der Waals surface area contributed by atoms with Crippen LogP contribution in [0, 0.1) is 13.1 Å². The first-order valence-electron chi connectivity index (χ1n) is 4.12. The van der Waals surface area contributed by atoms with Crippen molar-refractivity contribution in [1.82, 2.24) is 9.78 Å². The molecule has 0 aliphatic rings. The standard InChI is InChI=1S/C9H15N2/c1-5-9-6-10-11(7(2)3)8(9)4/h7H,5H2,1-4H3. The average Bonchev–Trinajstić information content (AvgIpc) is 2.30. The Labute approximate surface area is 68.2 Å². The van der Waals surface area contributed by atoms with Crippen molar-refractivity contribution in [3.05, 3.63) is 17.5 Å². The molecule has 1 aromatic rings. The molecule has 0 spiro atoms. The minimum Gasteiger partial charge on any atom is -0.266 e. The van der Waals surface area contributed by atoms with E-state index in [0.29, 0.717) is 6.04 Å². The van der Waals surface area contributed by atoms with Crippen molar-refractivity contribution in [3.8, 4) is 0 Å². The Morgan fingerprint density at radius 1 is 1.55 bits per heavy atom. The second-order valence-electron chi connectivity index (χ2n) is 3.07. The molecule has 61 valence electrons. The summed E-state index contributed by atoms with van der Waals surface area (Å²) in [5.74, 6) is 0. The Kier molecular flexibility index (Phi) is 2.32. The van der Waals surface area contributed by atoms with Crippen LogP contribution in [0.2, 0.25) is 0 Å². The highest BCUT2D eigenvalue weighted by Crippen LogP contribution is 2.11. The lowest BCUT2D eigenvalue weighted by Crippen LogP contribution is -2.04. The van der Waals surface area contributed by atoms with Crippen LogP contribution in [0.1, 0.15) is 38.1 Å². The van der Waals surface area contributed by atoms with Crippen LogP contribution in [0.4, 0.5) is 0 Å². The number of aromatic nitrogens is 2. The summed E-state index contributed by atoms with van der Waals surface area (Å²) < 4.78 is 2.01. The lowest BCUT2D eigenvalue weighted by atomic mass is 10.2. The normalized spacial score (nSPS) is 11.0. The molecular weight excluding hydrogens is 136 g/mol. The molecule has 0 bridgehead atoms. The minimum absolute atomic E-state index is 0.451. The molecule has 0 aromatic carbocycles. The molecular formula is C9H15N2. The maximum Gasteiger partial charge on any atom is 0.116 e. The number of hydrogen-bond donors (Lipinski definition) is 0. The Morgan fingerprint density at radius 2 is 2.18 bits per heavy atom. The summed E-state index contributed by atoms with van der Waals surface area (Å²) in [6.45, 7) is 8.49. The molecule has 1 rings (SSSR count). The van der Waals surface area contributed by atoms with Crippen LogP contribution in [0.25, 0.3) is 0 Å². The largest absolute Gasteiger partial charge is 0.266 e. The Hall–Kier alpha value is -0.790. The molecule has 0 aliphatic carbocycles. The van der Waals surface area contributed by atoms with Gasteiger partial charge in [0.25, 0.3) is 0 Å². The Balaban J connectivity index is 3.00. The molecule has 0 saturated heterocycles. The summed E-state index contributed by atoms with van der Waals surface area (Å²) in [5, 5.41) is 4.18. The second-order valence-corrected chi connectivity index (χ2v) is 3.07. The fourth-order valence-electron chi connectivity index (χ4n) is 1.25. The maximum atomic E-state index is 4.18. The van der Waals surface area contributed by atoms with Gasteiger partial charge in [-0.3, -0.25) is 4.68 Å². The van der Waals surface area contributed by atoms with Gasteiger partial charge in [0.15, 0.2) is 0 Å². The van der Waals surface area contributed by atoms with Gasteiger partial charge in [-0.05, 0) is 27.2 Å². The van der Waals surface area contributed by atoms with Gasteiger partial charge in [0.1, 0.15) is 6.20 Å². The van der Waals surface area contributed by atoms with Gasteiger partial charge in [0, 0.05) is 17.3 Å². The van der Waals surface area contributed by atoms with Crippen LogP contribution in [0.3, 0.4) is 0 Å². The van der Waals surface area contributed by atoms with Gasteiger partial charge in [-0.2, -0.15) is 5.10 Å². The summed E-state index contributed by atoms with van der Waals surface area (Å²) in [6.07, 6.45) is 4.04. The Bertz CT molecular complexity index is 236. The summed E-state index contributed by atoms with van der Waals surface area (Å²) in [5.41, 5.74) is 2.49. The first-order chi connectivity index (χ1) is 5.16. The van der Waals surface area contributed by atoms with E-state index in [1.165, 1.54) is 11.3 Å². The Morgan fingerprint density at radius 3 is 2.45 bits per heavy atom. The number of hydrogen-bond acceptors (Lipinski definition) is 1. The lowest BCUT2D eigenvalue weighted by Gasteiger charge is -2.07. The van der Waals surface area contributed by atoms with Gasteiger partial charge in [0.2, 0.25) is 0 Å². The highest BCUT2D eigenvalue weighted by Gasteiger charge is 2.06. The van der Waals surface area contributed by atoms with E-state index in [1.807, 2.05) is 4.68 Å². The number of rotatable bonds is 2. The van der Waals surface area contributed by atoms with Crippen molar-refractivity contribution >= 4 is 0 Å². The molecule has 1 heterocycles. The predicted molar refractivity (Wildman–Crippen MR) is 45.6 cm³/mol. The molecule has 2 nitrogen and oxygen atoms in total. The zero-order valence-electron chi connectivity index (χ0n) is 7.68. The molecule has 0 N–H and O–H groups in total. The van der Waals surface area contributed by atoms with E-state index >= 15 is 0 Å². The van der Waals surface area contributed by atoms with Gasteiger partial charge >= 0.3 is 0 Å². The molecule has 0 fully saturated rings. The van der Waals surface area contributed by atoms with Gasteiger partial charge in [0.05, 0.1) is 0 Å². The second kappa shape index (κ2) is 3.07. The fraction of sp³-hybridized carbons (Fsp3) is 0.667. The molecule has 1 radical (unpaired) electrons. The first kappa shape index (κ1) is 8.31. The molecule has 0 atom stereocenters. The quantitative estimate of drug-likeness (QED) is 0.633. The number of nitrogens with zero attached hydrogens (tertiary/aromatic N) is 2. The highest BCUT2D eigenvalue weighted by atomic mass is 15.3. The van der Waals surface area contributed by atoms with Gasteiger partial charge in [-0.25, -0.2) is 0 Å². The van der Waals surface area contributed by atoms with Crippen molar-refractivity contribution in [2.75, 3.05) is 0 Å². The maximum absolute atomic E-state index is 4.18. The zero-order chi connectivity index (χ0) is 8.43. The van der Waals surface area contributed by atoms with Crippen molar-refractivity contribution < 1.29 is 0 Å². The lowest BCUT2D eigenvalue weighted by molar-refractivity contribution is 0.518. The summed E-state index contributed by atoms with van der Waals surface area (Å²) in [4.78, 5) is 0. The van der Waals surface area contributed by atoms with E-state index < -0.39 is 0 Å². The minimum atomic E-state index is 0.451. The molecule has 0 amide bonds. The third-order valence-electron chi connectivity index (χ3n) is 1.92. The van der Waals surface area contributed by atoms with Crippen molar-refractivity contribution in [2.24, 2.45) is 0 Å². The molecule has 0 unspecified atom stereocenters. The molecule has 0 saturated carbocycles. The van der Waals surface area contributed by atoms with Crippen LogP contribution in [0.15, 0.2) is 0 Å². The third kappa shape index (κ3) is 1.44. The monoisotopic (exact) mass is 151 g/mol. The average molecular weight is 151 g/mol. The van der Waals surface area contributed by atoms with E-state index in [-0.39, 0.29) is 0 Å². The van der Waals surface area contributed by atoms with Gasteiger partial charge in [-0.1, -0.05) is 6.92 Å². The van der Waals surface area contributed by atoms with Gasteiger partial charge in [-0.15, -0.1) is 0 Å². The molecule has 11 heavy (non-hydrogen) atoms. The molecule has 0 aliphatic heterocycles. The summed E-state index contributed by atoms with van der Waals surface area (Å²) in [6, 6.07) is 0.451.